The van der Waals surface area contributed by atoms with Gasteiger partial charge in [0.25, 0.3) is 0 Å². The summed E-state index contributed by atoms with van der Waals surface area (Å²) in [7, 11) is 3.52. The Bertz CT molecular complexity index is 586. The Hall–Kier alpha value is -1.59. The third-order valence-corrected chi connectivity index (χ3v) is 3.63. The van der Waals surface area contributed by atoms with Crippen LogP contribution >= 0.6 is 11.6 Å². The molecule has 1 atom stereocenters. The van der Waals surface area contributed by atoms with Gasteiger partial charge < -0.3 is 14.6 Å². The third kappa shape index (κ3) is 4.44. The molecular formula is C15H20ClN3O2. The van der Waals surface area contributed by atoms with E-state index in [-0.39, 0.29) is 0 Å². The molecule has 114 valence electrons. The second-order valence-corrected chi connectivity index (χ2v) is 5.37. The van der Waals surface area contributed by atoms with Crippen LogP contribution in [0, 0.1) is 0 Å². The first-order valence-electron chi connectivity index (χ1n) is 6.93. The fourth-order valence-electron chi connectivity index (χ4n) is 1.97. The van der Waals surface area contributed by atoms with E-state index >= 15 is 0 Å². The molecule has 1 heterocycles. The maximum Gasteiger partial charge on any atom is 0.226 e. The number of rotatable bonds is 7. The summed E-state index contributed by atoms with van der Waals surface area (Å²) < 4.78 is 10.4. The molecule has 2 rings (SSSR count). The molecule has 5 nitrogen and oxygen atoms in total. The number of likely N-dealkylation sites (N-methyl/N-ethyl adjacent to an activating group) is 1. The molecule has 6 heteroatoms. The van der Waals surface area contributed by atoms with Crippen LogP contribution in [0.25, 0.3) is 0 Å². The standard InChI is InChI=1S/C15H20ClN3O2/c1-10(17-2)8-14-18-15(21-19-14)7-5-11-4-6-13(20-3)12(16)9-11/h4,6,9-10,17H,5,7-8H2,1-3H3. The predicted octanol–water partition coefficient (Wildman–Crippen LogP) is 2.67. The minimum absolute atomic E-state index is 0.329. The van der Waals surface area contributed by atoms with Crippen molar-refractivity contribution in [1.29, 1.82) is 0 Å². The largest absolute Gasteiger partial charge is 0.495 e. The Balaban J connectivity index is 1.92. The van der Waals surface area contributed by atoms with Gasteiger partial charge >= 0.3 is 0 Å². The molecule has 0 aliphatic carbocycles. The Morgan fingerprint density at radius 1 is 1.38 bits per heavy atom. The zero-order chi connectivity index (χ0) is 15.2. The van der Waals surface area contributed by atoms with Gasteiger partial charge in [0, 0.05) is 18.9 Å². The third-order valence-electron chi connectivity index (χ3n) is 3.34. The van der Waals surface area contributed by atoms with Crippen molar-refractivity contribution >= 4 is 11.6 Å². The van der Waals surface area contributed by atoms with Crippen LogP contribution in [0.1, 0.15) is 24.2 Å². The van der Waals surface area contributed by atoms with Gasteiger partial charge in [0.05, 0.1) is 12.1 Å². The molecule has 0 bridgehead atoms. The van der Waals surface area contributed by atoms with Crippen molar-refractivity contribution in [2.24, 2.45) is 0 Å². The average Bonchev–Trinajstić information content (AvgIpc) is 2.92. The summed E-state index contributed by atoms with van der Waals surface area (Å²) in [6.45, 7) is 2.08. The number of methoxy groups -OCH3 is 1. The first-order chi connectivity index (χ1) is 10.1. The topological polar surface area (TPSA) is 60.2 Å². The van der Waals surface area contributed by atoms with Crippen LogP contribution in [0.5, 0.6) is 5.75 Å². The molecule has 0 radical (unpaired) electrons. The lowest BCUT2D eigenvalue weighted by atomic mass is 10.1. The van der Waals surface area contributed by atoms with Crippen LogP contribution in [0.2, 0.25) is 5.02 Å². The van der Waals surface area contributed by atoms with Crippen LogP contribution in [-0.2, 0) is 19.3 Å². The van der Waals surface area contributed by atoms with E-state index in [1.807, 2.05) is 25.2 Å². The van der Waals surface area contributed by atoms with E-state index in [0.29, 0.717) is 29.1 Å². The summed E-state index contributed by atoms with van der Waals surface area (Å²) in [4.78, 5) is 4.39. The van der Waals surface area contributed by atoms with Gasteiger partial charge in [0.2, 0.25) is 5.89 Å². The van der Waals surface area contributed by atoms with E-state index < -0.39 is 0 Å². The maximum atomic E-state index is 6.11. The number of aryl methyl sites for hydroxylation is 2. The lowest BCUT2D eigenvalue weighted by Crippen LogP contribution is -2.24. The van der Waals surface area contributed by atoms with Crippen LogP contribution in [0.3, 0.4) is 0 Å². The number of hydrogen-bond acceptors (Lipinski definition) is 5. The van der Waals surface area contributed by atoms with E-state index in [1.165, 1.54) is 0 Å². The van der Waals surface area contributed by atoms with Crippen molar-refractivity contribution < 1.29 is 9.26 Å². The van der Waals surface area contributed by atoms with Crippen molar-refractivity contribution in [3.63, 3.8) is 0 Å². The highest BCUT2D eigenvalue weighted by Gasteiger charge is 2.10. The molecule has 21 heavy (non-hydrogen) atoms. The molecule has 1 aromatic carbocycles. The first kappa shape index (κ1) is 15.8. The van der Waals surface area contributed by atoms with E-state index in [4.69, 9.17) is 20.9 Å². The summed E-state index contributed by atoms with van der Waals surface area (Å²) in [5, 5.41) is 7.75. The zero-order valence-corrected chi connectivity index (χ0v) is 13.3. The monoisotopic (exact) mass is 309 g/mol. The number of halogens is 1. The van der Waals surface area contributed by atoms with Gasteiger partial charge in [-0.3, -0.25) is 0 Å². The van der Waals surface area contributed by atoms with E-state index in [1.54, 1.807) is 7.11 Å². The van der Waals surface area contributed by atoms with Crippen molar-refractivity contribution in [1.82, 2.24) is 15.5 Å². The lowest BCUT2D eigenvalue weighted by Gasteiger charge is -2.05. The molecular weight excluding hydrogens is 290 g/mol. The van der Waals surface area contributed by atoms with Crippen LogP contribution in [-0.4, -0.2) is 30.3 Å². The van der Waals surface area contributed by atoms with Crippen molar-refractivity contribution in [3.05, 3.63) is 40.5 Å². The van der Waals surface area contributed by atoms with E-state index in [2.05, 4.69) is 22.4 Å². The normalized spacial score (nSPS) is 12.4. The summed E-state index contributed by atoms with van der Waals surface area (Å²) in [5.74, 6) is 2.07. The van der Waals surface area contributed by atoms with Crippen molar-refractivity contribution in [2.75, 3.05) is 14.2 Å². The van der Waals surface area contributed by atoms with Crippen LogP contribution in [0.15, 0.2) is 22.7 Å². The quantitative estimate of drug-likeness (QED) is 0.852. The zero-order valence-electron chi connectivity index (χ0n) is 12.5. The molecule has 0 aliphatic heterocycles. The minimum Gasteiger partial charge on any atom is -0.495 e. The highest BCUT2D eigenvalue weighted by Crippen LogP contribution is 2.25. The molecule has 0 saturated heterocycles. The van der Waals surface area contributed by atoms with E-state index in [0.717, 1.165) is 24.2 Å². The van der Waals surface area contributed by atoms with Gasteiger partial charge in [0.1, 0.15) is 5.75 Å². The summed E-state index contributed by atoms with van der Waals surface area (Å²) in [5.41, 5.74) is 1.11. The second kappa shape index (κ2) is 7.43. The smallest absolute Gasteiger partial charge is 0.226 e. The molecule has 2 aromatic rings. The van der Waals surface area contributed by atoms with Crippen LogP contribution in [0.4, 0.5) is 0 Å². The Morgan fingerprint density at radius 2 is 2.19 bits per heavy atom. The highest BCUT2D eigenvalue weighted by atomic mass is 35.5. The van der Waals surface area contributed by atoms with Gasteiger partial charge in [-0.2, -0.15) is 4.98 Å². The number of nitrogens with zero attached hydrogens (tertiary/aromatic N) is 2. The van der Waals surface area contributed by atoms with Gasteiger partial charge in [0.15, 0.2) is 5.82 Å². The van der Waals surface area contributed by atoms with E-state index in [9.17, 15) is 0 Å². The number of benzene rings is 1. The fourth-order valence-corrected chi connectivity index (χ4v) is 2.25. The Kier molecular flexibility index (Phi) is 5.59. The van der Waals surface area contributed by atoms with Crippen molar-refractivity contribution in [2.45, 2.75) is 32.2 Å². The molecule has 1 N–H and O–H groups in total. The molecule has 0 spiro atoms. The number of aromatic nitrogens is 2. The Labute approximate surface area is 129 Å². The van der Waals surface area contributed by atoms with Gasteiger partial charge in [-0.05, 0) is 38.1 Å². The summed E-state index contributed by atoms with van der Waals surface area (Å²) in [6.07, 6.45) is 2.25. The minimum atomic E-state index is 0.329. The molecule has 0 amide bonds. The number of nitrogens with one attached hydrogen (secondary N) is 1. The van der Waals surface area contributed by atoms with Crippen molar-refractivity contribution in [3.8, 4) is 5.75 Å². The molecule has 0 saturated carbocycles. The second-order valence-electron chi connectivity index (χ2n) is 4.97. The maximum absolute atomic E-state index is 6.11. The molecule has 0 fully saturated rings. The summed E-state index contributed by atoms with van der Waals surface area (Å²) >= 11 is 6.11. The highest BCUT2D eigenvalue weighted by molar-refractivity contribution is 6.32. The van der Waals surface area contributed by atoms with Gasteiger partial charge in [-0.1, -0.05) is 22.8 Å². The summed E-state index contributed by atoms with van der Waals surface area (Å²) in [6, 6.07) is 6.09. The Morgan fingerprint density at radius 3 is 2.86 bits per heavy atom. The fraction of sp³-hybridized carbons (Fsp3) is 0.467. The number of hydrogen-bond donors (Lipinski definition) is 1. The lowest BCUT2D eigenvalue weighted by molar-refractivity contribution is 0.371. The molecule has 0 aliphatic rings. The molecule has 1 aromatic heterocycles. The molecule has 1 unspecified atom stereocenters. The predicted molar refractivity (Wildman–Crippen MR) is 81.9 cm³/mol. The number of ether oxygens (including phenoxy) is 1. The van der Waals surface area contributed by atoms with Gasteiger partial charge in [-0.25, -0.2) is 0 Å². The first-order valence-corrected chi connectivity index (χ1v) is 7.31. The van der Waals surface area contributed by atoms with Crippen LogP contribution < -0.4 is 10.1 Å². The average molecular weight is 310 g/mol. The SMILES string of the molecule is CNC(C)Cc1noc(CCc2ccc(OC)c(Cl)c2)n1. The van der Waals surface area contributed by atoms with Gasteiger partial charge in [-0.15, -0.1) is 0 Å².